The number of morpholine rings is 1. The third kappa shape index (κ3) is 3.26. The summed E-state index contributed by atoms with van der Waals surface area (Å²) in [6.07, 6.45) is 2.44. The zero-order valence-corrected chi connectivity index (χ0v) is 14.1. The molecule has 2 heterocycles. The number of hydrogen-bond acceptors (Lipinski definition) is 3. The van der Waals surface area contributed by atoms with Gasteiger partial charge < -0.3 is 9.64 Å². The Hall–Kier alpha value is -1.85. The van der Waals surface area contributed by atoms with E-state index in [1.54, 1.807) is 10.9 Å². The highest BCUT2D eigenvalue weighted by Gasteiger charge is 2.26. The Bertz CT molecular complexity index is 714. The van der Waals surface area contributed by atoms with Gasteiger partial charge in [-0.3, -0.25) is 4.79 Å². The molecule has 0 aliphatic carbocycles. The highest BCUT2D eigenvalue weighted by molar-refractivity contribution is 6.30. The SMILES string of the molecule is CCc1c(C(=O)N2CCOC(C)C2)cnn1-c1cccc(Cl)c1. The molecule has 23 heavy (non-hydrogen) atoms. The van der Waals surface area contributed by atoms with Gasteiger partial charge >= 0.3 is 0 Å². The lowest BCUT2D eigenvalue weighted by Gasteiger charge is -2.31. The Labute approximate surface area is 140 Å². The molecule has 1 aliphatic heterocycles. The molecule has 1 fully saturated rings. The van der Waals surface area contributed by atoms with Gasteiger partial charge in [0, 0.05) is 18.1 Å². The molecule has 1 aromatic carbocycles. The van der Waals surface area contributed by atoms with Crippen LogP contribution >= 0.6 is 11.6 Å². The summed E-state index contributed by atoms with van der Waals surface area (Å²) in [5.74, 6) is 0.0188. The van der Waals surface area contributed by atoms with Gasteiger partial charge in [0.05, 0.1) is 35.9 Å². The summed E-state index contributed by atoms with van der Waals surface area (Å²) in [4.78, 5) is 14.7. The fourth-order valence-electron chi connectivity index (χ4n) is 2.90. The van der Waals surface area contributed by atoms with Gasteiger partial charge in [-0.25, -0.2) is 4.68 Å². The molecule has 0 spiro atoms. The highest BCUT2D eigenvalue weighted by Crippen LogP contribution is 2.21. The maximum absolute atomic E-state index is 12.8. The van der Waals surface area contributed by atoms with Gasteiger partial charge in [-0.2, -0.15) is 5.10 Å². The first-order valence-electron chi connectivity index (χ1n) is 7.84. The van der Waals surface area contributed by atoms with Crippen molar-refractivity contribution >= 4 is 17.5 Å². The summed E-state index contributed by atoms with van der Waals surface area (Å²) >= 11 is 6.07. The summed E-state index contributed by atoms with van der Waals surface area (Å²) in [5, 5.41) is 5.06. The summed E-state index contributed by atoms with van der Waals surface area (Å²) < 4.78 is 7.30. The second kappa shape index (κ2) is 6.72. The fourth-order valence-corrected chi connectivity index (χ4v) is 3.08. The summed E-state index contributed by atoms with van der Waals surface area (Å²) in [7, 11) is 0. The topological polar surface area (TPSA) is 47.4 Å². The van der Waals surface area contributed by atoms with E-state index in [1.165, 1.54) is 0 Å². The van der Waals surface area contributed by atoms with Crippen LogP contribution in [0.1, 0.15) is 29.9 Å². The van der Waals surface area contributed by atoms with E-state index in [1.807, 2.05) is 43.0 Å². The van der Waals surface area contributed by atoms with Gasteiger partial charge in [-0.05, 0) is 31.5 Å². The van der Waals surface area contributed by atoms with E-state index in [2.05, 4.69) is 5.10 Å². The van der Waals surface area contributed by atoms with Crippen molar-refractivity contribution in [2.75, 3.05) is 19.7 Å². The molecule has 1 aromatic heterocycles. The van der Waals surface area contributed by atoms with Crippen molar-refractivity contribution in [2.45, 2.75) is 26.4 Å². The second-order valence-electron chi connectivity index (χ2n) is 5.68. The van der Waals surface area contributed by atoms with E-state index in [0.717, 1.165) is 11.4 Å². The van der Waals surface area contributed by atoms with Crippen LogP contribution in [-0.2, 0) is 11.2 Å². The Morgan fingerprint density at radius 3 is 3.00 bits per heavy atom. The van der Waals surface area contributed by atoms with Crippen LogP contribution in [0.4, 0.5) is 0 Å². The zero-order valence-electron chi connectivity index (χ0n) is 13.3. The monoisotopic (exact) mass is 333 g/mol. The molecule has 5 nitrogen and oxygen atoms in total. The average molecular weight is 334 g/mol. The Morgan fingerprint density at radius 1 is 1.48 bits per heavy atom. The van der Waals surface area contributed by atoms with Crippen LogP contribution in [0.2, 0.25) is 5.02 Å². The molecule has 0 saturated carbocycles. The molecule has 1 unspecified atom stereocenters. The van der Waals surface area contributed by atoms with Gasteiger partial charge in [0.1, 0.15) is 0 Å². The van der Waals surface area contributed by atoms with E-state index >= 15 is 0 Å². The third-order valence-electron chi connectivity index (χ3n) is 4.02. The maximum Gasteiger partial charge on any atom is 0.257 e. The van der Waals surface area contributed by atoms with Crippen LogP contribution in [0, 0.1) is 0 Å². The van der Waals surface area contributed by atoms with Crippen molar-refractivity contribution in [3.05, 3.63) is 46.7 Å². The van der Waals surface area contributed by atoms with Crippen LogP contribution in [0.5, 0.6) is 0 Å². The van der Waals surface area contributed by atoms with Crippen LogP contribution in [0.15, 0.2) is 30.5 Å². The second-order valence-corrected chi connectivity index (χ2v) is 6.12. The average Bonchev–Trinajstić information content (AvgIpc) is 2.98. The number of rotatable bonds is 3. The van der Waals surface area contributed by atoms with Crippen LogP contribution in [0.3, 0.4) is 0 Å². The van der Waals surface area contributed by atoms with Crippen molar-refractivity contribution in [3.63, 3.8) is 0 Å². The number of ether oxygens (including phenoxy) is 1. The zero-order chi connectivity index (χ0) is 16.4. The summed E-state index contributed by atoms with van der Waals surface area (Å²) in [6.45, 7) is 5.82. The van der Waals surface area contributed by atoms with E-state index in [4.69, 9.17) is 16.3 Å². The van der Waals surface area contributed by atoms with Gasteiger partial charge in [0.2, 0.25) is 0 Å². The molecular weight excluding hydrogens is 314 g/mol. The van der Waals surface area contributed by atoms with E-state index in [9.17, 15) is 4.79 Å². The number of nitrogens with zero attached hydrogens (tertiary/aromatic N) is 3. The van der Waals surface area contributed by atoms with Crippen molar-refractivity contribution < 1.29 is 9.53 Å². The summed E-state index contributed by atoms with van der Waals surface area (Å²) in [6, 6.07) is 7.48. The first kappa shape index (κ1) is 16.0. The molecule has 6 heteroatoms. The number of carbonyl (C=O) groups is 1. The van der Waals surface area contributed by atoms with E-state index < -0.39 is 0 Å². The number of carbonyl (C=O) groups excluding carboxylic acids is 1. The van der Waals surface area contributed by atoms with Crippen molar-refractivity contribution in [3.8, 4) is 5.69 Å². The lowest BCUT2D eigenvalue weighted by molar-refractivity contribution is -0.0124. The molecule has 3 rings (SSSR count). The standard InChI is InChI=1S/C17H20ClN3O2/c1-3-16-15(17(22)20-7-8-23-12(2)11-20)10-19-21(16)14-6-4-5-13(18)9-14/h4-6,9-10,12H,3,7-8,11H2,1-2H3. The van der Waals surface area contributed by atoms with Crippen LogP contribution in [0.25, 0.3) is 5.69 Å². The minimum atomic E-state index is 0.0188. The molecular formula is C17H20ClN3O2. The molecule has 1 amide bonds. The normalized spacial score (nSPS) is 18.2. The minimum Gasteiger partial charge on any atom is -0.375 e. The maximum atomic E-state index is 12.8. The van der Waals surface area contributed by atoms with Crippen molar-refractivity contribution in [2.24, 2.45) is 0 Å². The molecule has 1 aliphatic rings. The number of benzene rings is 1. The largest absolute Gasteiger partial charge is 0.375 e. The Morgan fingerprint density at radius 2 is 2.30 bits per heavy atom. The quantitative estimate of drug-likeness (QED) is 0.867. The Kier molecular flexibility index (Phi) is 4.68. The molecule has 122 valence electrons. The smallest absolute Gasteiger partial charge is 0.257 e. The number of halogens is 1. The van der Waals surface area contributed by atoms with Crippen molar-refractivity contribution in [1.82, 2.24) is 14.7 Å². The lowest BCUT2D eigenvalue weighted by atomic mass is 10.1. The van der Waals surface area contributed by atoms with Gasteiger partial charge in [0.25, 0.3) is 5.91 Å². The molecule has 0 radical (unpaired) electrons. The number of amides is 1. The number of aromatic nitrogens is 2. The third-order valence-corrected chi connectivity index (χ3v) is 4.25. The first-order chi connectivity index (χ1) is 11.1. The molecule has 0 bridgehead atoms. The number of hydrogen-bond donors (Lipinski definition) is 0. The predicted molar refractivity (Wildman–Crippen MR) is 89.3 cm³/mol. The highest BCUT2D eigenvalue weighted by atomic mass is 35.5. The Balaban J connectivity index is 1.93. The molecule has 1 atom stereocenters. The van der Waals surface area contributed by atoms with E-state index in [-0.39, 0.29) is 12.0 Å². The fraction of sp³-hybridized carbons (Fsp3) is 0.412. The van der Waals surface area contributed by atoms with Gasteiger partial charge in [-0.15, -0.1) is 0 Å². The van der Waals surface area contributed by atoms with Gasteiger partial charge in [-0.1, -0.05) is 24.6 Å². The lowest BCUT2D eigenvalue weighted by Crippen LogP contribution is -2.44. The molecule has 1 saturated heterocycles. The predicted octanol–water partition coefficient (Wildman–Crippen LogP) is 2.95. The van der Waals surface area contributed by atoms with E-state index in [0.29, 0.717) is 36.7 Å². The first-order valence-corrected chi connectivity index (χ1v) is 8.21. The van der Waals surface area contributed by atoms with Crippen LogP contribution in [-0.4, -0.2) is 46.4 Å². The van der Waals surface area contributed by atoms with Crippen LogP contribution < -0.4 is 0 Å². The minimum absolute atomic E-state index is 0.0188. The van der Waals surface area contributed by atoms with Crippen molar-refractivity contribution in [1.29, 1.82) is 0 Å². The molecule has 0 N–H and O–H groups in total. The van der Waals surface area contributed by atoms with Gasteiger partial charge in [0.15, 0.2) is 0 Å². The summed E-state index contributed by atoms with van der Waals surface area (Å²) in [5.41, 5.74) is 2.42. The molecule has 2 aromatic rings.